The van der Waals surface area contributed by atoms with Gasteiger partial charge in [-0.05, 0) is 12.8 Å². The van der Waals surface area contributed by atoms with Crippen LogP contribution >= 0.6 is 0 Å². The second kappa shape index (κ2) is 13.9. The lowest BCUT2D eigenvalue weighted by molar-refractivity contribution is -0.144. The van der Waals surface area contributed by atoms with E-state index in [1.165, 1.54) is 30.6 Å². The molecule has 4 nitrogen and oxygen atoms in total. The van der Waals surface area contributed by atoms with Crippen LogP contribution in [0.25, 0.3) is 0 Å². The Morgan fingerprint density at radius 3 is 1.90 bits per heavy atom. The maximum Gasteiger partial charge on any atom is 0.323 e. The largest absolute Gasteiger partial charge is 0.480 e. The van der Waals surface area contributed by atoms with Gasteiger partial charge < -0.3 is 10.0 Å². The van der Waals surface area contributed by atoms with Crippen LogP contribution in [0.3, 0.4) is 0 Å². The predicted molar refractivity (Wildman–Crippen MR) is 86.4 cm³/mol. The first-order chi connectivity index (χ1) is 10.1. The lowest BCUT2D eigenvalue weighted by atomic mass is 10.1. The third kappa shape index (κ3) is 12.4. The van der Waals surface area contributed by atoms with Crippen LogP contribution in [0.1, 0.15) is 84.5 Å². The van der Waals surface area contributed by atoms with E-state index in [2.05, 4.69) is 13.8 Å². The first kappa shape index (κ1) is 19.9. The second-order valence-electron chi connectivity index (χ2n) is 5.79. The molecule has 21 heavy (non-hydrogen) atoms. The number of carbonyl (C=O) groups excluding carboxylic acids is 1. The van der Waals surface area contributed by atoms with Crippen molar-refractivity contribution in [2.24, 2.45) is 0 Å². The monoisotopic (exact) mass is 299 g/mol. The number of aliphatic carboxylic acids is 1. The Hall–Kier alpha value is -1.06. The van der Waals surface area contributed by atoms with Gasteiger partial charge in [0.05, 0.1) is 0 Å². The van der Waals surface area contributed by atoms with Gasteiger partial charge in [0.15, 0.2) is 0 Å². The van der Waals surface area contributed by atoms with Gasteiger partial charge in [0.1, 0.15) is 6.54 Å². The van der Waals surface area contributed by atoms with Gasteiger partial charge in [0.25, 0.3) is 0 Å². The van der Waals surface area contributed by atoms with Crippen LogP contribution in [0.2, 0.25) is 0 Å². The molecule has 4 heteroatoms. The van der Waals surface area contributed by atoms with Crippen LogP contribution in [0.15, 0.2) is 0 Å². The van der Waals surface area contributed by atoms with E-state index in [0.29, 0.717) is 13.0 Å². The summed E-state index contributed by atoms with van der Waals surface area (Å²) >= 11 is 0. The van der Waals surface area contributed by atoms with Crippen molar-refractivity contribution in [3.8, 4) is 0 Å². The maximum atomic E-state index is 12.1. The SMILES string of the molecule is CCCCCCCCN(CC(=O)O)C(=O)CCCCCC. The maximum absolute atomic E-state index is 12.1. The Morgan fingerprint density at radius 2 is 1.33 bits per heavy atom. The number of rotatable bonds is 14. The Bertz CT molecular complexity index is 279. The zero-order chi connectivity index (χ0) is 15.9. The van der Waals surface area contributed by atoms with Crippen molar-refractivity contribution in [1.29, 1.82) is 0 Å². The van der Waals surface area contributed by atoms with Crippen molar-refractivity contribution < 1.29 is 14.7 Å². The molecule has 0 aliphatic carbocycles. The molecule has 0 aliphatic rings. The summed E-state index contributed by atoms with van der Waals surface area (Å²) < 4.78 is 0. The molecular formula is C17H33NO3. The zero-order valence-corrected chi connectivity index (χ0v) is 13.9. The minimum atomic E-state index is -0.914. The molecule has 1 amide bonds. The zero-order valence-electron chi connectivity index (χ0n) is 13.9. The smallest absolute Gasteiger partial charge is 0.323 e. The van der Waals surface area contributed by atoms with E-state index < -0.39 is 5.97 Å². The lowest BCUT2D eigenvalue weighted by Crippen LogP contribution is -2.36. The fourth-order valence-corrected chi connectivity index (χ4v) is 2.40. The summed E-state index contributed by atoms with van der Waals surface area (Å²) in [6, 6.07) is 0. The Balaban J connectivity index is 3.95. The highest BCUT2D eigenvalue weighted by molar-refractivity contribution is 5.81. The highest BCUT2D eigenvalue weighted by atomic mass is 16.4. The van der Waals surface area contributed by atoms with Crippen molar-refractivity contribution in [2.45, 2.75) is 84.5 Å². The summed E-state index contributed by atoms with van der Waals surface area (Å²) in [6.45, 7) is 4.76. The molecule has 124 valence electrons. The van der Waals surface area contributed by atoms with Crippen molar-refractivity contribution >= 4 is 11.9 Å². The highest BCUT2D eigenvalue weighted by Gasteiger charge is 2.15. The first-order valence-corrected chi connectivity index (χ1v) is 8.61. The quantitative estimate of drug-likeness (QED) is 0.488. The molecular weight excluding hydrogens is 266 g/mol. The van der Waals surface area contributed by atoms with Crippen LogP contribution in [0.4, 0.5) is 0 Å². The number of unbranched alkanes of at least 4 members (excludes halogenated alkanes) is 8. The third-order valence-corrected chi connectivity index (χ3v) is 3.70. The fraction of sp³-hybridized carbons (Fsp3) is 0.882. The molecule has 0 spiro atoms. The molecule has 0 aromatic rings. The molecule has 0 bridgehead atoms. The molecule has 0 rings (SSSR count). The Labute approximate surface area is 129 Å². The van der Waals surface area contributed by atoms with Crippen LogP contribution < -0.4 is 0 Å². The van der Waals surface area contributed by atoms with E-state index in [4.69, 9.17) is 5.11 Å². The van der Waals surface area contributed by atoms with Gasteiger partial charge in [0, 0.05) is 13.0 Å². The van der Waals surface area contributed by atoms with E-state index in [-0.39, 0.29) is 12.5 Å². The molecule has 0 fully saturated rings. The van der Waals surface area contributed by atoms with Gasteiger partial charge in [-0.25, -0.2) is 0 Å². The third-order valence-electron chi connectivity index (χ3n) is 3.70. The van der Waals surface area contributed by atoms with Gasteiger partial charge in [-0.3, -0.25) is 9.59 Å². The molecule has 1 N–H and O–H groups in total. The van der Waals surface area contributed by atoms with Crippen molar-refractivity contribution in [2.75, 3.05) is 13.1 Å². The summed E-state index contributed by atoms with van der Waals surface area (Å²) in [5.41, 5.74) is 0. The number of carboxylic acids is 1. The van der Waals surface area contributed by atoms with Crippen molar-refractivity contribution in [1.82, 2.24) is 4.90 Å². The van der Waals surface area contributed by atoms with E-state index in [9.17, 15) is 9.59 Å². The average Bonchev–Trinajstić information content (AvgIpc) is 2.45. The molecule has 0 saturated heterocycles. The minimum Gasteiger partial charge on any atom is -0.480 e. The fourth-order valence-electron chi connectivity index (χ4n) is 2.40. The van der Waals surface area contributed by atoms with Crippen LogP contribution in [0, 0.1) is 0 Å². The van der Waals surface area contributed by atoms with Crippen LogP contribution in [0.5, 0.6) is 0 Å². The number of carbonyl (C=O) groups is 2. The predicted octanol–water partition coefficient (Wildman–Crippen LogP) is 4.23. The molecule has 0 aromatic carbocycles. The van der Waals surface area contributed by atoms with E-state index in [0.717, 1.165) is 38.5 Å². The van der Waals surface area contributed by atoms with Gasteiger partial charge in [-0.15, -0.1) is 0 Å². The molecule has 0 saturated carbocycles. The summed E-state index contributed by atoms with van der Waals surface area (Å²) in [6.07, 6.45) is 11.6. The number of hydrogen-bond acceptors (Lipinski definition) is 2. The van der Waals surface area contributed by atoms with Gasteiger partial charge in [-0.2, -0.15) is 0 Å². The number of nitrogens with zero attached hydrogens (tertiary/aromatic N) is 1. The number of carboxylic acid groups (broad SMARTS) is 1. The molecule has 0 atom stereocenters. The molecule has 0 aliphatic heterocycles. The summed E-state index contributed by atoms with van der Waals surface area (Å²) in [4.78, 5) is 24.5. The van der Waals surface area contributed by atoms with Gasteiger partial charge in [-0.1, -0.05) is 65.2 Å². The highest BCUT2D eigenvalue weighted by Crippen LogP contribution is 2.09. The van der Waals surface area contributed by atoms with Crippen LogP contribution in [-0.4, -0.2) is 35.0 Å². The van der Waals surface area contributed by atoms with E-state index >= 15 is 0 Å². The van der Waals surface area contributed by atoms with Crippen LogP contribution in [-0.2, 0) is 9.59 Å². The molecule has 0 aromatic heterocycles. The molecule has 0 radical (unpaired) electrons. The summed E-state index contributed by atoms with van der Waals surface area (Å²) in [5.74, 6) is -0.912. The second-order valence-corrected chi connectivity index (χ2v) is 5.79. The molecule has 0 unspecified atom stereocenters. The number of amides is 1. The minimum absolute atomic E-state index is 0.00191. The topological polar surface area (TPSA) is 57.6 Å². The first-order valence-electron chi connectivity index (χ1n) is 8.61. The normalized spacial score (nSPS) is 10.6. The van der Waals surface area contributed by atoms with Gasteiger partial charge in [0.2, 0.25) is 5.91 Å². The standard InChI is InChI=1S/C17H33NO3/c1-3-5-7-9-10-12-14-18(15-17(20)21)16(19)13-11-8-6-4-2/h3-15H2,1-2H3,(H,20,21). The lowest BCUT2D eigenvalue weighted by Gasteiger charge is -2.20. The van der Waals surface area contributed by atoms with Crippen molar-refractivity contribution in [3.05, 3.63) is 0 Å². The number of hydrogen-bond donors (Lipinski definition) is 1. The van der Waals surface area contributed by atoms with E-state index in [1.54, 1.807) is 0 Å². The Morgan fingerprint density at radius 1 is 0.810 bits per heavy atom. The van der Waals surface area contributed by atoms with Crippen molar-refractivity contribution in [3.63, 3.8) is 0 Å². The summed E-state index contributed by atoms with van der Waals surface area (Å²) in [5, 5.41) is 8.92. The Kier molecular flexibility index (Phi) is 13.2. The average molecular weight is 299 g/mol. The van der Waals surface area contributed by atoms with E-state index in [1.807, 2.05) is 0 Å². The summed E-state index contributed by atoms with van der Waals surface area (Å²) in [7, 11) is 0. The van der Waals surface area contributed by atoms with Gasteiger partial charge >= 0.3 is 5.97 Å². The molecule has 0 heterocycles.